The molecule has 29 heavy (non-hydrogen) atoms. The lowest BCUT2D eigenvalue weighted by molar-refractivity contribution is 0.0303. The van der Waals surface area contributed by atoms with E-state index < -0.39 is 0 Å². The Labute approximate surface area is 175 Å². The number of hydrogen-bond acceptors (Lipinski definition) is 5. The number of carbonyl (C=O) groups is 2. The van der Waals surface area contributed by atoms with Crippen LogP contribution in [0, 0.1) is 5.92 Å². The summed E-state index contributed by atoms with van der Waals surface area (Å²) in [6.07, 6.45) is 1.90. The number of thiophene rings is 1. The van der Waals surface area contributed by atoms with Crippen molar-refractivity contribution in [1.82, 2.24) is 9.80 Å². The van der Waals surface area contributed by atoms with Crippen LogP contribution in [0.25, 0.3) is 0 Å². The second-order valence-corrected chi connectivity index (χ2v) is 8.27. The number of ether oxygens (including phenoxy) is 2. The summed E-state index contributed by atoms with van der Waals surface area (Å²) in [5, 5.41) is 3.85. The van der Waals surface area contributed by atoms with E-state index in [1.807, 2.05) is 50.9 Å². The summed E-state index contributed by atoms with van der Waals surface area (Å²) in [6, 6.07) is 9.27. The molecule has 0 spiro atoms. The molecule has 0 radical (unpaired) electrons. The highest BCUT2D eigenvalue weighted by atomic mass is 32.1. The van der Waals surface area contributed by atoms with Gasteiger partial charge >= 0.3 is 0 Å². The van der Waals surface area contributed by atoms with Crippen molar-refractivity contribution in [3.8, 4) is 5.75 Å². The molecular formula is C22H26N2O4S. The van der Waals surface area contributed by atoms with Crippen molar-refractivity contribution in [2.24, 2.45) is 5.92 Å². The van der Waals surface area contributed by atoms with E-state index in [1.54, 1.807) is 11.3 Å². The molecule has 2 aromatic rings. The van der Waals surface area contributed by atoms with Crippen LogP contribution in [0.4, 0.5) is 0 Å². The van der Waals surface area contributed by atoms with Gasteiger partial charge in [-0.15, -0.1) is 0 Å². The summed E-state index contributed by atoms with van der Waals surface area (Å²) in [6.45, 7) is 4.67. The van der Waals surface area contributed by atoms with Crippen LogP contribution in [-0.2, 0) is 4.74 Å². The van der Waals surface area contributed by atoms with Gasteiger partial charge in [-0.25, -0.2) is 0 Å². The molecule has 2 fully saturated rings. The van der Waals surface area contributed by atoms with Crippen molar-refractivity contribution in [1.29, 1.82) is 0 Å². The lowest BCUT2D eigenvalue weighted by Gasteiger charge is -2.31. The number of benzene rings is 1. The highest BCUT2D eigenvalue weighted by Gasteiger charge is 2.24. The largest absolute Gasteiger partial charge is 0.493 e. The minimum atomic E-state index is 0.0440. The smallest absolute Gasteiger partial charge is 0.254 e. The van der Waals surface area contributed by atoms with Gasteiger partial charge in [0.25, 0.3) is 11.8 Å². The van der Waals surface area contributed by atoms with Crippen molar-refractivity contribution in [3.05, 3.63) is 52.2 Å². The monoisotopic (exact) mass is 414 g/mol. The lowest BCUT2D eigenvalue weighted by atomic mass is 9.97. The third-order valence-electron chi connectivity index (χ3n) is 5.56. The van der Waals surface area contributed by atoms with Crippen LogP contribution in [0.15, 0.2) is 41.1 Å². The van der Waals surface area contributed by atoms with E-state index in [-0.39, 0.29) is 11.8 Å². The van der Waals surface area contributed by atoms with Crippen molar-refractivity contribution < 1.29 is 19.1 Å². The SMILES string of the molecule is O=C(c1ccc(OCC2CCN(C(=O)c3ccsc3)CC2)cc1)N1CCOCC1. The van der Waals surface area contributed by atoms with Crippen LogP contribution in [0.2, 0.25) is 0 Å². The quantitative estimate of drug-likeness (QED) is 0.754. The molecule has 4 rings (SSSR count). The van der Waals surface area contributed by atoms with Crippen LogP contribution < -0.4 is 4.74 Å². The van der Waals surface area contributed by atoms with E-state index >= 15 is 0 Å². The van der Waals surface area contributed by atoms with Gasteiger partial charge in [0.15, 0.2) is 0 Å². The summed E-state index contributed by atoms with van der Waals surface area (Å²) >= 11 is 1.55. The summed E-state index contributed by atoms with van der Waals surface area (Å²) in [7, 11) is 0. The topological polar surface area (TPSA) is 59.1 Å². The molecule has 0 atom stereocenters. The number of morpholine rings is 1. The van der Waals surface area contributed by atoms with E-state index in [1.165, 1.54) is 0 Å². The van der Waals surface area contributed by atoms with Crippen LogP contribution in [0.1, 0.15) is 33.6 Å². The third-order valence-corrected chi connectivity index (χ3v) is 6.24. The Morgan fingerprint density at radius 1 is 0.931 bits per heavy atom. The molecule has 0 aliphatic carbocycles. The van der Waals surface area contributed by atoms with Crippen LogP contribution in [0.5, 0.6) is 5.75 Å². The van der Waals surface area contributed by atoms with E-state index in [4.69, 9.17) is 9.47 Å². The Hall–Kier alpha value is -2.38. The predicted octanol–water partition coefficient (Wildman–Crippen LogP) is 3.15. The molecule has 2 aliphatic heterocycles. The van der Waals surface area contributed by atoms with Crippen LogP contribution in [0.3, 0.4) is 0 Å². The first-order chi connectivity index (χ1) is 14.2. The molecule has 2 aliphatic rings. The molecule has 0 saturated carbocycles. The number of piperidine rings is 1. The number of amides is 2. The molecule has 3 heterocycles. The van der Waals surface area contributed by atoms with E-state index in [0.717, 1.165) is 37.2 Å². The maximum atomic E-state index is 12.5. The highest BCUT2D eigenvalue weighted by Crippen LogP contribution is 2.22. The van der Waals surface area contributed by atoms with Gasteiger partial charge in [-0.05, 0) is 54.5 Å². The third kappa shape index (κ3) is 4.97. The minimum Gasteiger partial charge on any atom is -0.493 e. The standard InChI is InChI=1S/C22H26N2O4S/c25-21(24-10-12-27-13-11-24)18-1-3-20(4-2-18)28-15-17-5-8-23(9-6-17)22(26)19-7-14-29-16-19/h1-4,7,14,16-17H,5-6,8-13,15H2. The molecule has 154 valence electrons. The first-order valence-corrected chi connectivity index (χ1v) is 11.1. The van der Waals surface area contributed by atoms with Gasteiger partial charge in [-0.1, -0.05) is 0 Å². The average molecular weight is 415 g/mol. The summed E-state index contributed by atoms with van der Waals surface area (Å²) < 4.78 is 11.2. The maximum Gasteiger partial charge on any atom is 0.254 e. The Balaban J connectivity index is 1.22. The zero-order valence-electron chi connectivity index (χ0n) is 16.4. The molecule has 1 aromatic heterocycles. The van der Waals surface area contributed by atoms with E-state index in [9.17, 15) is 9.59 Å². The lowest BCUT2D eigenvalue weighted by Crippen LogP contribution is -2.40. The summed E-state index contributed by atoms with van der Waals surface area (Å²) in [5.41, 5.74) is 1.47. The Bertz CT molecular complexity index is 808. The summed E-state index contributed by atoms with van der Waals surface area (Å²) in [4.78, 5) is 28.7. The zero-order valence-corrected chi connectivity index (χ0v) is 17.2. The maximum absolute atomic E-state index is 12.5. The van der Waals surface area contributed by atoms with Crippen LogP contribution in [-0.4, -0.2) is 67.6 Å². The Kier molecular flexibility index (Phi) is 6.46. The molecule has 2 saturated heterocycles. The first-order valence-electron chi connectivity index (χ1n) is 10.1. The number of nitrogens with zero attached hydrogens (tertiary/aromatic N) is 2. The average Bonchev–Trinajstić information content (AvgIpc) is 3.33. The molecule has 6 nitrogen and oxygen atoms in total. The van der Waals surface area contributed by atoms with Gasteiger partial charge in [0, 0.05) is 37.1 Å². The van der Waals surface area contributed by atoms with E-state index in [0.29, 0.717) is 44.4 Å². The number of hydrogen-bond donors (Lipinski definition) is 0. The van der Waals surface area contributed by atoms with Crippen molar-refractivity contribution in [2.45, 2.75) is 12.8 Å². The van der Waals surface area contributed by atoms with Crippen LogP contribution >= 0.6 is 11.3 Å². The Morgan fingerprint density at radius 3 is 2.24 bits per heavy atom. The number of carbonyl (C=O) groups excluding carboxylic acids is 2. The molecule has 0 bridgehead atoms. The van der Waals surface area contributed by atoms with Crippen molar-refractivity contribution >= 4 is 23.2 Å². The van der Waals surface area contributed by atoms with Gasteiger partial charge in [-0.3, -0.25) is 9.59 Å². The summed E-state index contributed by atoms with van der Waals surface area (Å²) in [5.74, 6) is 1.39. The van der Waals surface area contributed by atoms with Gasteiger partial charge in [-0.2, -0.15) is 11.3 Å². The van der Waals surface area contributed by atoms with Crippen molar-refractivity contribution in [3.63, 3.8) is 0 Å². The zero-order chi connectivity index (χ0) is 20.1. The molecule has 7 heteroatoms. The second-order valence-electron chi connectivity index (χ2n) is 7.49. The Morgan fingerprint density at radius 2 is 1.59 bits per heavy atom. The first kappa shape index (κ1) is 19.9. The second kappa shape index (κ2) is 9.41. The van der Waals surface area contributed by atoms with Gasteiger partial charge in [0.2, 0.25) is 0 Å². The molecule has 0 N–H and O–H groups in total. The molecule has 2 amide bonds. The van der Waals surface area contributed by atoms with Gasteiger partial charge in [0.05, 0.1) is 25.4 Å². The molecular weight excluding hydrogens is 388 g/mol. The normalized spacial score (nSPS) is 17.9. The number of likely N-dealkylation sites (tertiary alicyclic amines) is 1. The minimum absolute atomic E-state index is 0.0440. The van der Waals surface area contributed by atoms with Gasteiger partial charge in [0.1, 0.15) is 5.75 Å². The van der Waals surface area contributed by atoms with E-state index in [2.05, 4.69) is 0 Å². The van der Waals surface area contributed by atoms with Crippen molar-refractivity contribution in [2.75, 3.05) is 46.0 Å². The fourth-order valence-electron chi connectivity index (χ4n) is 3.73. The highest BCUT2D eigenvalue weighted by molar-refractivity contribution is 7.08. The molecule has 1 aromatic carbocycles. The van der Waals surface area contributed by atoms with Gasteiger partial charge < -0.3 is 19.3 Å². The fraction of sp³-hybridized carbons (Fsp3) is 0.455. The fourth-order valence-corrected chi connectivity index (χ4v) is 4.36. The number of rotatable bonds is 5. The molecule has 0 unspecified atom stereocenters. The predicted molar refractivity (Wildman–Crippen MR) is 112 cm³/mol.